The zero-order chi connectivity index (χ0) is 6.69. The minimum Gasteiger partial charge on any atom is -0.390 e. The molecule has 0 aromatic carbocycles. The topological polar surface area (TPSA) is 29.5 Å². The van der Waals surface area contributed by atoms with Gasteiger partial charge in [-0.15, -0.1) is 0 Å². The van der Waals surface area contributed by atoms with Gasteiger partial charge in [-0.05, 0) is 12.8 Å². The van der Waals surface area contributed by atoms with Gasteiger partial charge in [0.05, 0.1) is 19.3 Å². The van der Waals surface area contributed by atoms with E-state index >= 15 is 0 Å². The van der Waals surface area contributed by atoms with E-state index in [0.717, 1.165) is 18.6 Å². The molecule has 0 unspecified atom stereocenters. The van der Waals surface area contributed by atoms with E-state index in [2.05, 4.69) is 6.58 Å². The van der Waals surface area contributed by atoms with Crippen molar-refractivity contribution < 1.29 is 9.84 Å². The number of rotatable bonds is 0. The highest BCUT2D eigenvalue weighted by Gasteiger charge is 2.10. The Labute approximate surface area is 55.1 Å². The Morgan fingerprint density at radius 2 is 2.44 bits per heavy atom. The van der Waals surface area contributed by atoms with E-state index in [0.29, 0.717) is 13.0 Å². The van der Waals surface area contributed by atoms with Gasteiger partial charge >= 0.3 is 0 Å². The summed E-state index contributed by atoms with van der Waals surface area (Å²) >= 11 is 0. The van der Waals surface area contributed by atoms with Crippen LogP contribution < -0.4 is 0 Å². The average molecular weight is 128 g/mol. The summed E-state index contributed by atoms with van der Waals surface area (Å²) in [6, 6.07) is 0. The maximum Gasteiger partial charge on any atom is 0.0810 e. The van der Waals surface area contributed by atoms with Crippen molar-refractivity contribution in [3.8, 4) is 0 Å². The average Bonchev–Trinajstić information content (AvgIpc) is 1.93. The SMILES string of the molecule is C=C1CCOC[C@H](O)C1. The first-order valence-corrected chi connectivity index (χ1v) is 3.21. The van der Waals surface area contributed by atoms with Crippen LogP contribution in [0, 0.1) is 0 Å². The predicted octanol–water partition coefficient (Wildman–Crippen LogP) is 0.714. The monoisotopic (exact) mass is 128 g/mol. The number of hydrogen-bond donors (Lipinski definition) is 1. The highest BCUT2D eigenvalue weighted by Crippen LogP contribution is 2.11. The van der Waals surface area contributed by atoms with Crippen LogP contribution >= 0.6 is 0 Å². The van der Waals surface area contributed by atoms with Crippen molar-refractivity contribution in [2.24, 2.45) is 0 Å². The molecule has 2 heteroatoms. The molecule has 0 saturated carbocycles. The van der Waals surface area contributed by atoms with Crippen LogP contribution in [0.4, 0.5) is 0 Å². The van der Waals surface area contributed by atoms with Crippen molar-refractivity contribution in [1.82, 2.24) is 0 Å². The normalized spacial score (nSPS) is 29.9. The number of hydrogen-bond acceptors (Lipinski definition) is 2. The summed E-state index contributed by atoms with van der Waals surface area (Å²) in [6.45, 7) is 4.97. The lowest BCUT2D eigenvalue weighted by atomic mass is 10.1. The first kappa shape index (κ1) is 6.78. The van der Waals surface area contributed by atoms with E-state index in [-0.39, 0.29) is 6.10 Å². The van der Waals surface area contributed by atoms with Gasteiger partial charge in [-0.3, -0.25) is 0 Å². The molecule has 1 N–H and O–H groups in total. The molecule has 0 spiro atoms. The van der Waals surface area contributed by atoms with Crippen molar-refractivity contribution in [3.63, 3.8) is 0 Å². The van der Waals surface area contributed by atoms with Crippen molar-refractivity contribution >= 4 is 0 Å². The maximum absolute atomic E-state index is 9.07. The van der Waals surface area contributed by atoms with Crippen LogP contribution in [-0.2, 0) is 4.74 Å². The predicted molar refractivity (Wildman–Crippen MR) is 35.2 cm³/mol. The standard InChI is InChI=1S/C7H12O2/c1-6-2-3-9-5-7(8)4-6/h7-8H,1-5H2/t7-/m1/s1. The highest BCUT2D eigenvalue weighted by atomic mass is 16.5. The third-order valence-corrected chi connectivity index (χ3v) is 1.43. The Bertz CT molecular complexity index is 109. The van der Waals surface area contributed by atoms with Crippen LogP contribution in [0.5, 0.6) is 0 Å². The second kappa shape index (κ2) is 2.99. The van der Waals surface area contributed by atoms with Gasteiger partial charge in [0.25, 0.3) is 0 Å². The molecular formula is C7H12O2. The maximum atomic E-state index is 9.07. The Morgan fingerprint density at radius 3 is 3.22 bits per heavy atom. The molecule has 0 aromatic rings. The number of aliphatic hydroxyl groups is 1. The molecule has 1 fully saturated rings. The van der Waals surface area contributed by atoms with Gasteiger partial charge in [-0.2, -0.15) is 0 Å². The van der Waals surface area contributed by atoms with Crippen LogP contribution in [0.15, 0.2) is 12.2 Å². The lowest BCUT2D eigenvalue weighted by Gasteiger charge is -2.03. The van der Waals surface area contributed by atoms with E-state index in [9.17, 15) is 0 Å². The van der Waals surface area contributed by atoms with E-state index in [4.69, 9.17) is 9.84 Å². The number of aliphatic hydroxyl groups excluding tert-OH is 1. The van der Waals surface area contributed by atoms with E-state index in [1.54, 1.807) is 0 Å². The molecule has 2 nitrogen and oxygen atoms in total. The molecule has 1 aliphatic rings. The fraction of sp³-hybridized carbons (Fsp3) is 0.714. The molecule has 0 bridgehead atoms. The largest absolute Gasteiger partial charge is 0.390 e. The van der Waals surface area contributed by atoms with Crippen LogP contribution in [0.3, 0.4) is 0 Å². The first-order valence-electron chi connectivity index (χ1n) is 3.21. The third-order valence-electron chi connectivity index (χ3n) is 1.43. The van der Waals surface area contributed by atoms with Crippen molar-refractivity contribution in [3.05, 3.63) is 12.2 Å². The van der Waals surface area contributed by atoms with Gasteiger partial charge in [-0.25, -0.2) is 0 Å². The fourth-order valence-electron chi connectivity index (χ4n) is 0.930. The van der Waals surface area contributed by atoms with Crippen LogP contribution in [0.1, 0.15) is 12.8 Å². The lowest BCUT2D eigenvalue weighted by Crippen LogP contribution is -2.11. The fourth-order valence-corrected chi connectivity index (χ4v) is 0.930. The molecule has 0 amide bonds. The van der Waals surface area contributed by atoms with Crippen molar-refractivity contribution in [1.29, 1.82) is 0 Å². The lowest BCUT2D eigenvalue weighted by molar-refractivity contribution is 0.0518. The molecule has 52 valence electrons. The van der Waals surface area contributed by atoms with Gasteiger partial charge in [0.1, 0.15) is 0 Å². The highest BCUT2D eigenvalue weighted by molar-refractivity contribution is 4.97. The molecule has 9 heavy (non-hydrogen) atoms. The molecule has 1 heterocycles. The molecule has 0 aromatic heterocycles. The minimum absolute atomic E-state index is 0.319. The molecule has 1 saturated heterocycles. The summed E-state index contributed by atoms with van der Waals surface area (Å²) in [7, 11) is 0. The molecule has 1 rings (SSSR count). The zero-order valence-corrected chi connectivity index (χ0v) is 5.47. The Hall–Kier alpha value is -0.340. The molecule has 0 radical (unpaired) electrons. The molecule has 0 aliphatic carbocycles. The number of ether oxygens (including phenoxy) is 1. The summed E-state index contributed by atoms with van der Waals surface area (Å²) in [6.07, 6.45) is 1.29. The summed E-state index contributed by atoms with van der Waals surface area (Å²) in [5, 5.41) is 9.07. The molecular weight excluding hydrogens is 116 g/mol. The summed E-state index contributed by atoms with van der Waals surface area (Å²) in [4.78, 5) is 0. The third kappa shape index (κ3) is 2.16. The van der Waals surface area contributed by atoms with Gasteiger partial charge < -0.3 is 9.84 Å². The van der Waals surface area contributed by atoms with Crippen LogP contribution in [-0.4, -0.2) is 24.4 Å². The minimum atomic E-state index is -0.319. The Kier molecular flexibility index (Phi) is 2.25. The second-order valence-corrected chi connectivity index (χ2v) is 2.43. The van der Waals surface area contributed by atoms with Crippen LogP contribution in [0.2, 0.25) is 0 Å². The van der Waals surface area contributed by atoms with Gasteiger partial charge in [0, 0.05) is 0 Å². The van der Waals surface area contributed by atoms with E-state index in [1.165, 1.54) is 0 Å². The smallest absolute Gasteiger partial charge is 0.0810 e. The zero-order valence-electron chi connectivity index (χ0n) is 5.47. The van der Waals surface area contributed by atoms with Gasteiger partial charge in [0.15, 0.2) is 0 Å². The van der Waals surface area contributed by atoms with E-state index in [1.807, 2.05) is 0 Å². The Balaban J connectivity index is 2.37. The first-order chi connectivity index (χ1) is 4.29. The Morgan fingerprint density at radius 1 is 1.67 bits per heavy atom. The van der Waals surface area contributed by atoms with Gasteiger partial charge in [0.2, 0.25) is 0 Å². The van der Waals surface area contributed by atoms with Crippen molar-refractivity contribution in [2.75, 3.05) is 13.2 Å². The molecule has 1 atom stereocenters. The van der Waals surface area contributed by atoms with Crippen LogP contribution in [0.25, 0.3) is 0 Å². The van der Waals surface area contributed by atoms with Crippen molar-refractivity contribution in [2.45, 2.75) is 18.9 Å². The van der Waals surface area contributed by atoms with Gasteiger partial charge in [-0.1, -0.05) is 12.2 Å². The second-order valence-electron chi connectivity index (χ2n) is 2.43. The summed E-state index contributed by atoms with van der Waals surface area (Å²) in [5.74, 6) is 0. The van der Waals surface area contributed by atoms with E-state index < -0.39 is 0 Å². The summed E-state index contributed by atoms with van der Waals surface area (Å²) in [5.41, 5.74) is 1.10. The molecule has 1 aliphatic heterocycles. The summed E-state index contributed by atoms with van der Waals surface area (Å²) < 4.78 is 5.07. The quantitative estimate of drug-likeness (QED) is 0.487.